The summed E-state index contributed by atoms with van der Waals surface area (Å²) in [4.78, 5) is 11.1. The molecule has 0 saturated carbocycles. The highest BCUT2D eigenvalue weighted by molar-refractivity contribution is 5.77. The fourth-order valence-corrected chi connectivity index (χ4v) is 2.06. The van der Waals surface area contributed by atoms with Gasteiger partial charge in [0.05, 0.1) is 6.10 Å². The van der Waals surface area contributed by atoms with Crippen LogP contribution in [0.2, 0.25) is 0 Å². The number of rotatable bonds is 3. The summed E-state index contributed by atoms with van der Waals surface area (Å²) < 4.78 is 5.35. The summed E-state index contributed by atoms with van der Waals surface area (Å²) in [5, 5.41) is 12.4. The number of nitrogens with one attached hydrogen (secondary N) is 1. The molecule has 2 N–H and O–H groups in total. The molecule has 4 nitrogen and oxygen atoms in total. The summed E-state index contributed by atoms with van der Waals surface area (Å²) in [6.07, 6.45) is 2.42. The van der Waals surface area contributed by atoms with Gasteiger partial charge in [-0.1, -0.05) is 6.07 Å². The van der Waals surface area contributed by atoms with Crippen LogP contribution in [-0.2, 0) is 11.2 Å². The van der Waals surface area contributed by atoms with Gasteiger partial charge in [-0.05, 0) is 42.5 Å². The predicted octanol–water partition coefficient (Wildman–Crippen LogP) is 1.18. The molecule has 1 aliphatic rings. The van der Waals surface area contributed by atoms with Crippen LogP contribution < -0.4 is 10.1 Å². The van der Waals surface area contributed by atoms with Crippen LogP contribution in [0.4, 0.5) is 0 Å². The van der Waals surface area contributed by atoms with E-state index in [4.69, 9.17) is 4.74 Å². The monoisotopic (exact) mass is 235 g/mol. The van der Waals surface area contributed by atoms with Crippen molar-refractivity contribution < 1.29 is 14.6 Å². The van der Waals surface area contributed by atoms with Crippen molar-refractivity contribution in [3.05, 3.63) is 29.3 Å². The van der Waals surface area contributed by atoms with Crippen molar-refractivity contribution in [2.75, 3.05) is 13.7 Å². The van der Waals surface area contributed by atoms with Crippen LogP contribution in [0.25, 0.3) is 0 Å². The molecular formula is C13H17NO3. The van der Waals surface area contributed by atoms with Crippen LogP contribution in [0.3, 0.4) is 0 Å². The number of likely N-dealkylation sites (N-methyl/N-ethyl adjacent to an activating group) is 1. The number of carbonyl (C=O) groups excluding carboxylic acids is 1. The molecule has 0 aliphatic heterocycles. The number of aliphatic hydroxyl groups is 1. The lowest BCUT2D eigenvalue weighted by molar-refractivity contribution is -0.122. The van der Waals surface area contributed by atoms with E-state index in [0.717, 1.165) is 24.8 Å². The van der Waals surface area contributed by atoms with Gasteiger partial charge in [0.25, 0.3) is 5.91 Å². The summed E-state index contributed by atoms with van der Waals surface area (Å²) in [6, 6.07) is 5.65. The molecule has 0 unspecified atom stereocenters. The van der Waals surface area contributed by atoms with Gasteiger partial charge in [0.15, 0.2) is 6.61 Å². The maximum Gasteiger partial charge on any atom is 0.257 e. The van der Waals surface area contributed by atoms with Gasteiger partial charge in [0.2, 0.25) is 0 Å². The van der Waals surface area contributed by atoms with E-state index in [0.29, 0.717) is 5.75 Å². The number of aliphatic hydroxyl groups excluding tert-OH is 1. The van der Waals surface area contributed by atoms with Crippen LogP contribution in [0, 0.1) is 0 Å². The zero-order chi connectivity index (χ0) is 12.3. The molecule has 1 aliphatic carbocycles. The molecule has 2 rings (SSSR count). The lowest BCUT2D eigenvalue weighted by Crippen LogP contribution is -2.24. The summed E-state index contributed by atoms with van der Waals surface area (Å²) in [5.41, 5.74) is 2.11. The van der Waals surface area contributed by atoms with Gasteiger partial charge < -0.3 is 15.2 Å². The third-order valence-corrected chi connectivity index (χ3v) is 3.05. The van der Waals surface area contributed by atoms with Crippen molar-refractivity contribution in [2.45, 2.75) is 25.4 Å². The summed E-state index contributed by atoms with van der Waals surface area (Å²) >= 11 is 0. The second-order valence-electron chi connectivity index (χ2n) is 4.23. The van der Waals surface area contributed by atoms with Gasteiger partial charge in [-0.25, -0.2) is 0 Å². The molecule has 0 bridgehead atoms. The second kappa shape index (κ2) is 5.19. The highest BCUT2D eigenvalue weighted by Gasteiger charge is 2.18. The molecule has 1 atom stereocenters. The first-order valence-corrected chi connectivity index (χ1v) is 5.85. The summed E-state index contributed by atoms with van der Waals surface area (Å²) in [5.74, 6) is 0.469. The molecule has 0 saturated heterocycles. The average Bonchev–Trinajstić information content (AvgIpc) is 2.36. The van der Waals surface area contributed by atoms with Crippen LogP contribution in [-0.4, -0.2) is 24.7 Å². The fraction of sp³-hybridized carbons (Fsp3) is 0.462. The maximum atomic E-state index is 11.1. The third kappa shape index (κ3) is 2.77. The van der Waals surface area contributed by atoms with E-state index in [1.54, 1.807) is 7.05 Å². The van der Waals surface area contributed by atoms with Gasteiger partial charge in [0.1, 0.15) is 5.75 Å². The van der Waals surface area contributed by atoms with E-state index in [9.17, 15) is 9.90 Å². The SMILES string of the molecule is CNC(=O)COc1ccc2c(c1)[C@@H](O)CCC2. The van der Waals surface area contributed by atoms with Crippen LogP contribution in [0.1, 0.15) is 30.1 Å². The smallest absolute Gasteiger partial charge is 0.257 e. The quantitative estimate of drug-likeness (QED) is 0.827. The molecule has 0 heterocycles. The number of amides is 1. The minimum atomic E-state index is -0.401. The lowest BCUT2D eigenvalue weighted by atomic mass is 9.89. The Morgan fingerprint density at radius 3 is 3.18 bits per heavy atom. The predicted molar refractivity (Wildman–Crippen MR) is 63.9 cm³/mol. The molecule has 17 heavy (non-hydrogen) atoms. The summed E-state index contributed by atoms with van der Waals surface area (Å²) in [7, 11) is 1.57. The van der Waals surface area contributed by atoms with E-state index < -0.39 is 6.10 Å². The van der Waals surface area contributed by atoms with E-state index in [1.807, 2.05) is 18.2 Å². The van der Waals surface area contributed by atoms with E-state index in [1.165, 1.54) is 5.56 Å². The normalized spacial score (nSPS) is 18.4. The Hall–Kier alpha value is -1.55. The van der Waals surface area contributed by atoms with Crippen LogP contribution >= 0.6 is 0 Å². The Kier molecular flexibility index (Phi) is 3.64. The average molecular weight is 235 g/mol. The Labute approximate surface area is 101 Å². The molecule has 0 aromatic heterocycles. The van der Waals surface area contributed by atoms with Gasteiger partial charge in [-0.15, -0.1) is 0 Å². The van der Waals surface area contributed by atoms with E-state index in [2.05, 4.69) is 5.32 Å². The number of hydrogen-bond donors (Lipinski definition) is 2. The Bertz CT molecular complexity index is 417. The zero-order valence-electron chi connectivity index (χ0n) is 9.90. The van der Waals surface area contributed by atoms with Crippen molar-refractivity contribution in [3.8, 4) is 5.75 Å². The number of ether oxygens (including phenoxy) is 1. The number of carbonyl (C=O) groups is 1. The van der Waals surface area contributed by atoms with E-state index >= 15 is 0 Å². The van der Waals surface area contributed by atoms with Crippen molar-refractivity contribution in [2.24, 2.45) is 0 Å². The summed E-state index contributed by atoms with van der Waals surface area (Å²) in [6.45, 7) is 0.00534. The first-order chi connectivity index (χ1) is 8.20. The van der Waals surface area contributed by atoms with E-state index in [-0.39, 0.29) is 12.5 Å². The molecule has 1 amide bonds. The Morgan fingerprint density at radius 1 is 1.59 bits per heavy atom. The Morgan fingerprint density at radius 2 is 2.41 bits per heavy atom. The van der Waals surface area contributed by atoms with Gasteiger partial charge in [0, 0.05) is 7.05 Å². The van der Waals surface area contributed by atoms with Gasteiger partial charge in [-0.2, -0.15) is 0 Å². The van der Waals surface area contributed by atoms with Crippen LogP contribution in [0.15, 0.2) is 18.2 Å². The molecule has 1 aromatic rings. The van der Waals surface area contributed by atoms with Crippen molar-refractivity contribution in [3.63, 3.8) is 0 Å². The molecule has 92 valence electrons. The standard InChI is InChI=1S/C13H17NO3/c1-14-13(16)8-17-10-6-5-9-3-2-4-12(15)11(9)7-10/h5-7,12,15H,2-4,8H2,1H3,(H,14,16)/t12-/m0/s1. The molecule has 0 fully saturated rings. The third-order valence-electron chi connectivity index (χ3n) is 3.05. The molecule has 4 heteroatoms. The molecular weight excluding hydrogens is 218 g/mol. The number of aryl methyl sites for hydroxylation is 1. The lowest BCUT2D eigenvalue weighted by Gasteiger charge is -2.21. The number of hydrogen-bond acceptors (Lipinski definition) is 3. The minimum absolute atomic E-state index is 0.00534. The van der Waals surface area contributed by atoms with Crippen molar-refractivity contribution in [1.82, 2.24) is 5.32 Å². The largest absolute Gasteiger partial charge is 0.484 e. The minimum Gasteiger partial charge on any atom is -0.484 e. The number of fused-ring (bicyclic) bond motifs is 1. The molecule has 0 radical (unpaired) electrons. The highest BCUT2D eigenvalue weighted by atomic mass is 16.5. The van der Waals surface area contributed by atoms with Gasteiger partial charge >= 0.3 is 0 Å². The number of benzene rings is 1. The zero-order valence-corrected chi connectivity index (χ0v) is 9.90. The van der Waals surface area contributed by atoms with Gasteiger partial charge in [-0.3, -0.25) is 4.79 Å². The highest BCUT2D eigenvalue weighted by Crippen LogP contribution is 2.32. The van der Waals surface area contributed by atoms with Crippen molar-refractivity contribution >= 4 is 5.91 Å². The fourth-order valence-electron chi connectivity index (χ4n) is 2.06. The van der Waals surface area contributed by atoms with Crippen LogP contribution in [0.5, 0.6) is 5.75 Å². The first kappa shape index (κ1) is 11.9. The van der Waals surface area contributed by atoms with Crippen molar-refractivity contribution in [1.29, 1.82) is 0 Å². The topological polar surface area (TPSA) is 58.6 Å². The molecule has 0 spiro atoms. The maximum absolute atomic E-state index is 11.1. The Balaban J connectivity index is 2.10. The molecule has 1 aromatic carbocycles. The second-order valence-corrected chi connectivity index (χ2v) is 4.23. The first-order valence-electron chi connectivity index (χ1n) is 5.85.